The summed E-state index contributed by atoms with van der Waals surface area (Å²) in [5.41, 5.74) is 9.71. The lowest BCUT2D eigenvalue weighted by atomic mass is 10.2. The molecule has 0 heterocycles. The number of hydrogen-bond acceptors (Lipinski definition) is 1. The fraction of sp³-hybridized carbons (Fsp3) is 0.200. The molecule has 2 N–H and O–H groups in total. The highest BCUT2D eigenvalue weighted by molar-refractivity contribution is 5.82. The van der Waals surface area contributed by atoms with Gasteiger partial charge in [-0.1, -0.05) is 30.3 Å². The highest BCUT2D eigenvalue weighted by Crippen LogP contribution is 2.38. The third-order valence-corrected chi connectivity index (χ3v) is 2.06. The van der Waals surface area contributed by atoms with E-state index >= 15 is 0 Å². The van der Waals surface area contributed by atoms with Crippen molar-refractivity contribution in [2.75, 3.05) is 6.54 Å². The Bertz CT molecular complexity index is 285. The molecule has 0 bridgehead atoms. The van der Waals surface area contributed by atoms with Crippen molar-refractivity contribution in [2.24, 2.45) is 5.73 Å². The summed E-state index contributed by atoms with van der Waals surface area (Å²) in [6.45, 7) is 0.726. The Hall–Kier alpha value is -1.08. The molecule has 0 aromatic heterocycles. The van der Waals surface area contributed by atoms with E-state index in [-0.39, 0.29) is 0 Å². The predicted octanol–water partition coefficient (Wildman–Crippen LogP) is 1.80. The van der Waals surface area contributed by atoms with E-state index in [1.807, 2.05) is 6.07 Å². The first-order valence-electron chi connectivity index (χ1n) is 3.88. The number of rotatable bonds is 2. The van der Waals surface area contributed by atoms with Crippen molar-refractivity contribution in [3.8, 4) is 0 Å². The number of hydrogen-bond donors (Lipinski definition) is 1. The Morgan fingerprint density at radius 2 is 1.91 bits per heavy atom. The fourth-order valence-corrected chi connectivity index (χ4v) is 1.31. The van der Waals surface area contributed by atoms with Crippen LogP contribution >= 0.6 is 0 Å². The summed E-state index contributed by atoms with van der Waals surface area (Å²) < 4.78 is 0. The largest absolute Gasteiger partial charge is 0.327 e. The van der Waals surface area contributed by atoms with Crippen molar-refractivity contribution in [2.45, 2.75) is 6.42 Å². The minimum absolute atomic E-state index is 0.726. The molecule has 1 nitrogen and oxygen atoms in total. The van der Waals surface area contributed by atoms with Gasteiger partial charge in [-0.15, -0.1) is 0 Å². The second kappa shape index (κ2) is 2.51. The maximum atomic E-state index is 5.50. The van der Waals surface area contributed by atoms with Crippen molar-refractivity contribution in [1.82, 2.24) is 0 Å². The van der Waals surface area contributed by atoms with Gasteiger partial charge < -0.3 is 5.73 Å². The molecular formula is C10H11N. The van der Waals surface area contributed by atoms with E-state index in [1.165, 1.54) is 16.7 Å². The highest BCUT2D eigenvalue weighted by atomic mass is 14.6. The number of nitrogens with two attached hydrogens (primary N) is 1. The minimum atomic E-state index is 0.726. The first-order chi connectivity index (χ1) is 5.42. The van der Waals surface area contributed by atoms with Gasteiger partial charge in [-0.2, -0.15) is 0 Å². The lowest BCUT2D eigenvalue weighted by Crippen LogP contribution is -1.94. The summed E-state index contributed by atoms with van der Waals surface area (Å²) in [6, 6.07) is 10.4. The summed E-state index contributed by atoms with van der Waals surface area (Å²) >= 11 is 0. The van der Waals surface area contributed by atoms with Gasteiger partial charge in [-0.25, -0.2) is 0 Å². The van der Waals surface area contributed by atoms with Crippen LogP contribution in [0.1, 0.15) is 12.0 Å². The van der Waals surface area contributed by atoms with Crippen molar-refractivity contribution < 1.29 is 0 Å². The molecule has 0 amide bonds. The van der Waals surface area contributed by atoms with Crippen molar-refractivity contribution in [1.29, 1.82) is 0 Å². The van der Waals surface area contributed by atoms with E-state index < -0.39 is 0 Å². The zero-order chi connectivity index (χ0) is 7.68. The maximum Gasteiger partial charge on any atom is 0.0146 e. The highest BCUT2D eigenvalue weighted by Gasteiger charge is 2.20. The number of benzene rings is 1. The lowest BCUT2D eigenvalue weighted by Gasteiger charge is -1.89. The van der Waals surface area contributed by atoms with Crippen molar-refractivity contribution >= 4 is 5.57 Å². The first-order valence-corrected chi connectivity index (χ1v) is 3.88. The van der Waals surface area contributed by atoms with Crippen LogP contribution in [0.3, 0.4) is 0 Å². The summed E-state index contributed by atoms with van der Waals surface area (Å²) in [5, 5.41) is 0. The molecule has 56 valence electrons. The molecule has 0 unspecified atom stereocenters. The Morgan fingerprint density at radius 3 is 2.45 bits per heavy atom. The average Bonchev–Trinajstić information content (AvgIpc) is 2.85. The standard InChI is InChI=1S/C10H11N/c11-7-9-6-10(9)8-4-2-1-3-5-8/h1-5H,6-7,11H2. The fourth-order valence-electron chi connectivity index (χ4n) is 1.31. The van der Waals surface area contributed by atoms with E-state index in [4.69, 9.17) is 5.73 Å². The molecule has 0 atom stereocenters. The van der Waals surface area contributed by atoms with Gasteiger partial charge in [0.05, 0.1) is 0 Å². The van der Waals surface area contributed by atoms with Gasteiger partial charge >= 0.3 is 0 Å². The molecule has 0 radical (unpaired) electrons. The van der Waals surface area contributed by atoms with E-state index in [2.05, 4.69) is 24.3 Å². The van der Waals surface area contributed by atoms with E-state index in [0.29, 0.717) is 0 Å². The van der Waals surface area contributed by atoms with E-state index in [0.717, 1.165) is 13.0 Å². The van der Waals surface area contributed by atoms with Crippen LogP contribution in [0.4, 0.5) is 0 Å². The molecule has 11 heavy (non-hydrogen) atoms. The predicted molar refractivity (Wildman–Crippen MR) is 47.0 cm³/mol. The van der Waals surface area contributed by atoms with Crippen LogP contribution < -0.4 is 5.73 Å². The molecule has 1 aromatic carbocycles. The molecule has 0 saturated heterocycles. The molecule has 1 aliphatic rings. The third kappa shape index (κ3) is 1.19. The summed E-state index contributed by atoms with van der Waals surface area (Å²) in [6.07, 6.45) is 1.13. The van der Waals surface area contributed by atoms with Gasteiger partial charge in [0.25, 0.3) is 0 Å². The molecule has 0 saturated carbocycles. The molecule has 0 fully saturated rings. The van der Waals surface area contributed by atoms with Gasteiger partial charge in [-0.3, -0.25) is 0 Å². The molecule has 0 spiro atoms. The smallest absolute Gasteiger partial charge is 0.0146 e. The number of allylic oxidation sites excluding steroid dienone is 1. The minimum Gasteiger partial charge on any atom is -0.327 e. The zero-order valence-electron chi connectivity index (χ0n) is 6.38. The first kappa shape index (κ1) is 6.62. The van der Waals surface area contributed by atoms with Crippen LogP contribution in [-0.2, 0) is 0 Å². The van der Waals surface area contributed by atoms with Gasteiger partial charge in [0.15, 0.2) is 0 Å². The quantitative estimate of drug-likeness (QED) is 0.674. The van der Waals surface area contributed by atoms with Crippen LogP contribution in [0.25, 0.3) is 5.57 Å². The molecule has 1 aliphatic carbocycles. The van der Waals surface area contributed by atoms with Gasteiger partial charge in [0.2, 0.25) is 0 Å². The topological polar surface area (TPSA) is 26.0 Å². The summed E-state index contributed by atoms with van der Waals surface area (Å²) in [4.78, 5) is 0. The Kier molecular flexibility index (Phi) is 1.51. The second-order valence-corrected chi connectivity index (χ2v) is 2.83. The Labute approximate surface area is 66.5 Å². The molecule has 0 aliphatic heterocycles. The van der Waals surface area contributed by atoms with Crippen LogP contribution in [0.15, 0.2) is 35.9 Å². The Balaban J connectivity index is 2.27. The normalized spacial score (nSPS) is 15.4. The lowest BCUT2D eigenvalue weighted by molar-refractivity contribution is 1.19. The SMILES string of the molecule is NCC1=C(c2ccccc2)C1. The molecule has 1 heteroatoms. The van der Waals surface area contributed by atoms with Gasteiger partial charge in [0, 0.05) is 6.54 Å². The van der Waals surface area contributed by atoms with Crippen LogP contribution in [0.2, 0.25) is 0 Å². The Morgan fingerprint density at radius 1 is 1.18 bits per heavy atom. The average molecular weight is 145 g/mol. The third-order valence-electron chi connectivity index (χ3n) is 2.06. The van der Waals surface area contributed by atoms with E-state index in [9.17, 15) is 0 Å². The monoisotopic (exact) mass is 145 g/mol. The molecule has 1 aromatic rings. The summed E-state index contributed by atoms with van der Waals surface area (Å²) in [5.74, 6) is 0. The van der Waals surface area contributed by atoms with Crippen molar-refractivity contribution in [3.05, 3.63) is 41.5 Å². The summed E-state index contributed by atoms with van der Waals surface area (Å²) in [7, 11) is 0. The second-order valence-electron chi connectivity index (χ2n) is 2.83. The van der Waals surface area contributed by atoms with Crippen LogP contribution in [0, 0.1) is 0 Å². The molecule has 2 rings (SSSR count). The molecular weight excluding hydrogens is 134 g/mol. The van der Waals surface area contributed by atoms with Crippen LogP contribution in [-0.4, -0.2) is 6.54 Å². The van der Waals surface area contributed by atoms with Gasteiger partial charge in [-0.05, 0) is 23.1 Å². The zero-order valence-corrected chi connectivity index (χ0v) is 6.38. The van der Waals surface area contributed by atoms with Gasteiger partial charge in [0.1, 0.15) is 0 Å². The van der Waals surface area contributed by atoms with E-state index in [1.54, 1.807) is 0 Å². The van der Waals surface area contributed by atoms with Crippen molar-refractivity contribution in [3.63, 3.8) is 0 Å². The van der Waals surface area contributed by atoms with Crippen LogP contribution in [0.5, 0.6) is 0 Å². The maximum absolute atomic E-state index is 5.50.